The van der Waals surface area contributed by atoms with Crippen LogP contribution in [0.15, 0.2) is 12.2 Å². The minimum Gasteiger partial charge on any atom is -0.462 e. The van der Waals surface area contributed by atoms with Crippen molar-refractivity contribution in [3.63, 3.8) is 0 Å². The van der Waals surface area contributed by atoms with Crippen molar-refractivity contribution in [2.75, 3.05) is 13.2 Å². The Hall–Kier alpha value is -1.85. The van der Waals surface area contributed by atoms with Gasteiger partial charge in [-0.15, -0.1) is 0 Å². The van der Waals surface area contributed by atoms with E-state index in [1.54, 1.807) is 0 Å². The van der Waals surface area contributed by atoms with E-state index in [1.807, 2.05) is 0 Å². The average molecular weight is 1000 g/mol. The van der Waals surface area contributed by atoms with Gasteiger partial charge < -0.3 is 14.2 Å². The van der Waals surface area contributed by atoms with Crippen LogP contribution in [0.4, 0.5) is 0 Å². The van der Waals surface area contributed by atoms with Gasteiger partial charge in [0.25, 0.3) is 0 Å². The molecule has 420 valence electrons. The van der Waals surface area contributed by atoms with Gasteiger partial charge in [-0.2, -0.15) is 0 Å². The van der Waals surface area contributed by atoms with E-state index in [0.29, 0.717) is 19.3 Å². The van der Waals surface area contributed by atoms with Crippen molar-refractivity contribution in [1.82, 2.24) is 0 Å². The Balaban J connectivity index is 4.30. The van der Waals surface area contributed by atoms with Gasteiger partial charge in [0.15, 0.2) is 6.10 Å². The number of allylic oxidation sites excluding steroid dienone is 2. The fourth-order valence-electron chi connectivity index (χ4n) is 9.91. The summed E-state index contributed by atoms with van der Waals surface area (Å²) in [7, 11) is 0. The molecule has 0 amide bonds. The number of carbonyl (C=O) groups excluding carboxylic acids is 3. The zero-order valence-corrected chi connectivity index (χ0v) is 48.3. The van der Waals surface area contributed by atoms with Gasteiger partial charge in [-0.25, -0.2) is 0 Å². The molecular formula is C65H124O6. The summed E-state index contributed by atoms with van der Waals surface area (Å²) in [5, 5.41) is 0. The monoisotopic (exact) mass is 1000 g/mol. The van der Waals surface area contributed by atoms with Crippen molar-refractivity contribution in [2.45, 2.75) is 374 Å². The van der Waals surface area contributed by atoms with Crippen molar-refractivity contribution >= 4 is 17.9 Å². The van der Waals surface area contributed by atoms with Gasteiger partial charge in [-0.1, -0.05) is 315 Å². The Bertz CT molecular complexity index is 1100. The van der Waals surface area contributed by atoms with Gasteiger partial charge in [0.05, 0.1) is 0 Å². The molecule has 6 nitrogen and oxygen atoms in total. The second-order valence-electron chi connectivity index (χ2n) is 22.0. The number of hydrogen-bond donors (Lipinski definition) is 0. The lowest BCUT2D eigenvalue weighted by molar-refractivity contribution is -0.167. The highest BCUT2D eigenvalue weighted by atomic mass is 16.6. The van der Waals surface area contributed by atoms with Crippen LogP contribution in [0, 0.1) is 0 Å². The van der Waals surface area contributed by atoms with Gasteiger partial charge in [0, 0.05) is 19.3 Å². The summed E-state index contributed by atoms with van der Waals surface area (Å²) >= 11 is 0. The van der Waals surface area contributed by atoms with Crippen molar-refractivity contribution in [1.29, 1.82) is 0 Å². The molecular weight excluding hydrogens is 877 g/mol. The molecule has 0 fully saturated rings. The van der Waals surface area contributed by atoms with E-state index in [4.69, 9.17) is 14.2 Å². The molecule has 0 aliphatic rings. The fraction of sp³-hybridized carbons (Fsp3) is 0.923. The van der Waals surface area contributed by atoms with Gasteiger partial charge in [0.2, 0.25) is 0 Å². The molecule has 0 spiro atoms. The molecule has 0 unspecified atom stereocenters. The standard InChI is InChI=1S/C65H124O6/c1-4-7-10-13-16-19-22-25-28-31-32-35-37-40-43-46-49-52-55-58-64(67)70-61-62(71-65(68)59-56-53-50-47-44-41-38-34-30-27-24-21-18-15-12-9-6-3)60-69-63(66)57-54-51-48-45-42-39-36-33-29-26-23-20-17-14-11-8-5-2/h25,28,62H,4-24,26-27,29-61H2,1-3H3/b28-25-/t62-/m1/s1. The lowest BCUT2D eigenvalue weighted by Crippen LogP contribution is -2.30. The molecule has 0 N–H and O–H groups in total. The third kappa shape index (κ3) is 58.9. The number of ether oxygens (including phenoxy) is 3. The molecule has 0 rings (SSSR count). The van der Waals surface area contributed by atoms with Crippen molar-refractivity contribution in [3.05, 3.63) is 12.2 Å². The summed E-state index contributed by atoms with van der Waals surface area (Å²) in [5.74, 6) is -0.834. The van der Waals surface area contributed by atoms with Crippen LogP contribution in [0.2, 0.25) is 0 Å². The Kier molecular flexibility index (Phi) is 59.1. The molecule has 0 saturated heterocycles. The predicted molar refractivity (Wildman–Crippen MR) is 307 cm³/mol. The van der Waals surface area contributed by atoms with Crippen LogP contribution in [0.5, 0.6) is 0 Å². The van der Waals surface area contributed by atoms with Crippen LogP contribution in [0.25, 0.3) is 0 Å². The lowest BCUT2D eigenvalue weighted by Gasteiger charge is -2.18. The smallest absolute Gasteiger partial charge is 0.306 e. The largest absolute Gasteiger partial charge is 0.462 e. The van der Waals surface area contributed by atoms with Crippen LogP contribution in [-0.2, 0) is 28.6 Å². The van der Waals surface area contributed by atoms with Gasteiger partial charge in [-0.3, -0.25) is 14.4 Å². The van der Waals surface area contributed by atoms with E-state index in [-0.39, 0.29) is 31.1 Å². The molecule has 1 atom stereocenters. The minimum atomic E-state index is -0.766. The molecule has 0 bridgehead atoms. The first-order chi connectivity index (χ1) is 35.0. The first kappa shape index (κ1) is 69.2. The maximum atomic E-state index is 12.9. The molecule has 6 heteroatoms. The lowest BCUT2D eigenvalue weighted by atomic mass is 10.0. The van der Waals surface area contributed by atoms with Crippen molar-refractivity contribution in [2.24, 2.45) is 0 Å². The molecule has 0 saturated carbocycles. The second kappa shape index (κ2) is 60.7. The summed E-state index contributed by atoms with van der Waals surface area (Å²) in [5.41, 5.74) is 0. The number of unbranched alkanes of at least 4 members (excludes halogenated alkanes) is 47. The maximum absolute atomic E-state index is 12.9. The Morgan fingerprint density at radius 1 is 0.268 bits per heavy atom. The molecule has 71 heavy (non-hydrogen) atoms. The van der Waals surface area contributed by atoms with Crippen LogP contribution in [-0.4, -0.2) is 37.2 Å². The zero-order chi connectivity index (χ0) is 51.4. The van der Waals surface area contributed by atoms with E-state index in [1.165, 1.54) is 270 Å². The first-order valence-corrected chi connectivity index (χ1v) is 32.2. The summed E-state index contributed by atoms with van der Waals surface area (Å²) in [6.45, 7) is 6.72. The maximum Gasteiger partial charge on any atom is 0.306 e. The molecule has 0 heterocycles. The summed E-state index contributed by atoms with van der Waals surface area (Å²) in [6.07, 6.45) is 70.7. The number of esters is 3. The SMILES string of the molecule is CCCCCCCC/C=C\CCCCCCCCCCCC(=O)OC[C@@H](COC(=O)CCCCCCCCCCCCCCCCCCC)OC(=O)CCCCCCCCCCCCCCCCCCC. The summed E-state index contributed by atoms with van der Waals surface area (Å²) in [4.78, 5) is 38.3. The van der Waals surface area contributed by atoms with E-state index < -0.39 is 6.10 Å². The van der Waals surface area contributed by atoms with Gasteiger partial charge in [-0.05, 0) is 44.9 Å². The molecule has 0 aliphatic carbocycles. The first-order valence-electron chi connectivity index (χ1n) is 32.2. The highest BCUT2D eigenvalue weighted by Gasteiger charge is 2.19. The van der Waals surface area contributed by atoms with E-state index in [9.17, 15) is 14.4 Å². The zero-order valence-electron chi connectivity index (χ0n) is 48.3. The third-order valence-corrected chi connectivity index (χ3v) is 14.8. The molecule has 0 radical (unpaired) electrons. The van der Waals surface area contributed by atoms with Crippen molar-refractivity contribution in [3.8, 4) is 0 Å². The number of carbonyl (C=O) groups is 3. The molecule has 0 aromatic carbocycles. The minimum absolute atomic E-state index is 0.0637. The van der Waals surface area contributed by atoms with E-state index >= 15 is 0 Å². The predicted octanol–water partition coefficient (Wildman–Crippen LogP) is 21.7. The average Bonchev–Trinajstić information content (AvgIpc) is 3.37. The quantitative estimate of drug-likeness (QED) is 0.0261. The van der Waals surface area contributed by atoms with Crippen molar-refractivity contribution < 1.29 is 28.6 Å². The Labute approximate surface area is 443 Å². The summed E-state index contributed by atoms with van der Waals surface area (Å²) in [6, 6.07) is 0. The number of hydrogen-bond acceptors (Lipinski definition) is 6. The molecule has 0 aromatic rings. The third-order valence-electron chi connectivity index (χ3n) is 14.8. The Morgan fingerprint density at radius 2 is 0.465 bits per heavy atom. The highest BCUT2D eigenvalue weighted by molar-refractivity contribution is 5.71. The fourth-order valence-corrected chi connectivity index (χ4v) is 9.91. The topological polar surface area (TPSA) is 78.9 Å². The molecule has 0 aromatic heterocycles. The van der Waals surface area contributed by atoms with E-state index in [2.05, 4.69) is 32.9 Å². The molecule has 0 aliphatic heterocycles. The highest BCUT2D eigenvalue weighted by Crippen LogP contribution is 2.18. The Morgan fingerprint density at radius 3 is 0.704 bits per heavy atom. The van der Waals surface area contributed by atoms with Gasteiger partial charge >= 0.3 is 17.9 Å². The number of rotatable bonds is 60. The van der Waals surface area contributed by atoms with E-state index in [0.717, 1.165) is 57.8 Å². The van der Waals surface area contributed by atoms with Crippen LogP contribution in [0.3, 0.4) is 0 Å². The van der Waals surface area contributed by atoms with Gasteiger partial charge in [0.1, 0.15) is 13.2 Å². The second-order valence-corrected chi connectivity index (χ2v) is 22.0. The summed E-state index contributed by atoms with van der Waals surface area (Å²) < 4.78 is 17.0. The normalized spacial score (nSPS) is 12.0. The van der Waals surface area contributed by atoms with Crippen LogP contribution < -0.4 is 0 Å². The van der Waals surface area contributed by atoms with Crippen LogP contribution >= 0.6 is 0 Å². The van der Waals surface area contributed by atoms with Crippen LogP contribution in [0.1, 0.15) is 367 Å².